The topological polar surface area (TPSA) is 49.5 Å². The van der Waals surface area contributed by atoms with Crippen LogP contribution in [0.25, 0.3) is 0 Å². The van der Waals surface area contributed by atoms with Crippen LogP contribution in [-0.2, 0) is 13.1 Å². The Morgan fingerprint density at radius 2 is 1.84 bits per heavy atom. The molecule has 6 heteroatoms. The first-order valence-electron chi connectivity index (χ1n) is 7.89. The zero-order chi connectivity index (χ0) is 17.6. The molecule has 3 rings (SSSR count). The predicted molar refractivity (Wildman–Crippen MR) is 88.4 cm³/mol. The predicted octanol–water partition coefficient (Wildman–Crippen LogP) is 3.69. The summed E-state index contributed by atoms with van der Waals surface area (Å²) in [6.07, 6.45) is 3.65. The van der Waals surface area contributed by atoms with Crippen molar-refractivity contribution >= 4 is 0 Å². The number of halogens is 2. The van der Waals surface area contributed by atoms with Crippen LogP contribution in [0.5, 0.6) is 0 Å². The molecule has 4 nitrogen and oxygen atoms in total. The van der Waals surface area contributed by atoms with E-state index in [1.807, 2.05) is 23.1 Å². The first kappa shape index (κ1) is 17.3. The van der Waals surface area contributed by atoms with Crippen molar-refractivity contribution < 1.29 is 18.3 Å². The van der Waals surface area contributed by atoms with Crippen LogP contribution in [0.4, 0.5) is 8.78 Å². The van der Waals surface area contributed by atoms with Gasteiger partial charge in [-0.15, -0.1) is 0 Å². The molecule has 3 aromatic rings. The molecule has 0 aliphatic rings. The smallest absolute Gasteiger partial charge is 0.131 e. The van der Waals surface area contributed by atoms with E-state index in [2.05, 4.69) is 4.98 Å². The number of rotatable bonds is 7. The van der Waals surface area contributed by atoms with Crippen molar-refractivity contribution in [2.75, 3.05) is 6.54 Å². The monoisotopic (exact) mass is 344 g/mol. The lowest BCUT2D eigenvalue weighted by Gasteiger charge is -2.24. The molecule has 0 fully saturated rings. The van der Waals surface area contributed by atoms with Gasteiger partial charge in [-0.05, 0) is 35.9 Å². The summed E-state index contributed by atoms with van der Waals surface area (Å²) < 4.78 is 33.2. The molecule has 0 amide bonds. The number of aliphatic hydroxyl groups is 1. The third kappa shape index (κ3) is 4.49. The second-order valence-electron chi connectivity index (χ2n) is 5.76. The summed E-state index contributed by atoms with van der Waals surface area (Å²) >= 11 is 0. The van der Waals surface area contributed by atoms with Crippen molar-refractivity contribution in [3.8, 4) is 0 Å². The number of pyridine rings is 1. The number of hydrogen-bond donors (Lipinski definition) is 1. The van der Waals surface area contributed by atoms with Gasteiger partial charge in [0.2, 0.25) is 0 Å². The van der Waals surface area contributed by atoms with E-state index in [1.54, 1.807) is 24.7 Å². The summed E-state index contributed by atoms with van der Waals surface area (Å²) in [7, 11) is 0. The Labute approximate surface area is 144 Å². The van der Waals surface area contributed by atoms with Gasteiger partial charge in [0.05, 0.1) is 24.5 Å². The second kappa shape index (κ2) is 8.00. The summed E-state index contributed by atoms with van der Waals surface area (Å²) in [6, 6.07) is 10.8. The highest BCUT2D eigenvalue weighted by atomic mass is 19.1. The fourth-order valence-corrected chi connectivity index (χ4v) is 2.72. The maximum absolute atomic E-state index is 13.9. The van der Waals surface area contributed by atoms with E-state index >= 15 is 0 Å². The van der Waals surface area contributed by atoms with Crippen LogP contribution in [-0.4, -0.2) is 21.5 Å². The van der Waals surface area contributed by atoms with Gasteiger partial charge in [-0.3, -0.25) is 9.88 Å². The molecule has 2 aromatic heterocycles. The van der Waals surface area contributed by atoms with Gasteiger partial charge in [0.25, 0.3) is 0 Å². The fraction of sp³-hybridized carbons (Fsp3) is 0.211. The van der Waals surface area contributed by atoms with Crippen LogP contribution in [0.15, 0.2) is 65.5 Å². The van der Waals surface area contributed by atoms with Gasteiger partial charge in [-0.2, -0.15) is 0 Å². The van der Waals surface area contributed by atoms with E-state index in [9.17, 15) is 13.9 Å². The Bertz CT molecular complexity index is 774. The lowest BCUT2D eigenvalue weighted by Crippen LogP contribution is -2.28. The Morgan fingerprint density at radius 1 is 1.04 bits per heavy atom. The number of aliphatic hydroxyl groups excluding tert-OH is 1. The minimum absolute atomic E-state index is 0.0491. The molecule has 0 bridgehead atoms. The molecule has 0 spiro atoms. The first-order valence-corrected chi connectivity index (χ1v) is 7.89. The molecule has 0 saturated heterocycles. The molecule has 1 N–H and O–H groups in total. The quantitative estimate of drug-likeness (QED) is 0.710. The molecule has 0 aliphatic carbocycles. The van der Waals surface area contributed by atoms with E-state index in [1.165, 1.54) is 6.07 Å². The molecule has 130 valence electrons. The Morgan fingerprint density at radius 3 is 2.48 bits per heavy atom. The van der Waals surface area contributed by atoms with Crippen molar-refractivity contribution in [1.82, 2.24) is 9.88 Å². The average Bonchev–Trinajstić information content (AvgIpc) is 3.08. The van der Waals surface area contributed by atoms with Gasteiger partial charge in [0, 0.05) is 25.5 Å². The zero-order valence-corrected chi connectivity index (χ0v) is 13.5. The molecule has 25 heavy (non-hydrogen) atoms. The Balaban J connectivity index is 1.78. The highest BCUT2D eigenvalue weighted by Gasteiger charge is 2.21. The highest BCUT2D eigenvalue weighted by molar-refractivity contribution is 5.22. The zero-order valence-electron chi connectivity index (χ0n) is 13.5. The summed E-state index contributed by atoms with van der Waals surface area (Å²) in [5.41, 5.74) is 0.605. The summed E-state index contributed by atoms with van der Waals surface area (Å²) in [5, 5.41) is 10.4. The summed E-state index contributed by atoms with van der Waals surface area (Å²) in [4.78, 5) is 5.92. The largest absolute Gasteiger partial charge is 0.468 e. The van der Waals surface area contributed by atoms with Crippen LogP contribution in [0, 0.1) is 11.6 Å². The van der Waals surface area contributed by atoms with Gasteiger partial charge < -0.3 is 9.52 Å². The van der Waals surface area contributed by atoms with Gasteiger partial charge >= 0.3 is 0 Å². The third-order valence-corrected chi connectivity index (χ3v) is 3.85. The van der Waals surface area contributed by atoms with Crippen LogP contribution < -0.4 is 0 Å². The normalized spacial score (nSPS) is 12.5. The van der Waals surface area contributed by atoms with Gasteiger partial charge in [-0.25, -0.2) is 8.78 Å². The Kier molecular flexibility index (Phi) is 5.53. The SMILES string of the molecule is OC(CN(Cc1cccnc1)Cc1ccco1)c1c(F)cccc1F. The first-order chi connectivity index (χ1) is 12.1. The molecule has 0 saturated carbocycles. The molecular weight excluding hydrogens is 326 g/mol. The van der Waals surface area contributed by atoms with Crippen molar-refractivity contribution in [1.29, 1.82) is 0 Å². The lowest BCUT2D eigenvalue weighted by molar-refractivity contribution is 0.0948. The molecule has 1 unspecified atom stereocenters. The average molecular weight is 344 g/mol. The van der Waals surface area contributed by atoms with E-state index in [0.717, 1.165) is 17.7 Å². The molecule has 1 aromatic carbocycles. The summed E-state index contributed by atoms with van der Waals surface area (Å²) in [6.45, 7) is 0.907. The molecule has 0 radical (unpaired) electrons. The Hall–Kier alpha value is -2.57. The van der Waals surface area contributed by atoms with Crippen LogP contribution in [0.1, 0.15) is 23.0 Å². The molecule has 1 atom stereocenters. The van der Waals surface area contributed by atoms with E-state index < -0.39 is 17.7 Å². The van der Waals surface area contributed by atoms with E-state index in [-0.39, 0.29) is 12.1 Å². The standard InChI is InChI=1S/C19H18F2N2O2/c20-16-6-1-7-17(21)19(16)18(24)13-23(12-15-5-3-9-25-15)11-14-4-2-8-22-10-14/h1-10,18,24H,11-13H2. The van der Waals surface area contributed by atoms with Crippen LogP contribution in [0.2, 0.25) is 0 Å². The van der Waals surface area contributed by atoms with Gasteiger partial charge in [0.1, 0.15) is 17.4 Å². The van der Waals surface area contributed by atoms with Gasteiger partial charge in [0.15, 0.2) is 0 Å². The third-order valence-electron chi connectivity index (χ3n) is 3.85. The van der Waals surface area contributed by atoms with Gasteiger partial charge in [-0.1, -0.05) is 12.1 Å². The highest BCUT2D eigenvalue weighted by Crippen LogP contribution is 2.23. The van der Waals surface area contributed by atoms with Crippen molar-refractivity contribution in [3.63, 3.8) is 0 Å². The van der Waals surface area contributed by atoms with Crippen molar-refractivity contribution in [2.45, 2.75) is 19.2 Å². The number of aromatic nitrogens is 1. The van der Waals surface area contributed by atoms with Crippen molar-refractivity contribution in [3.05, 3.63) is 89.6 Å². The fourth-order valence-electron chi connectivity index (χ4n) is 2.72. The molecule has 0 aliphatic heterocycles. The number of hydrogen-bond acceptors (Lipinski definition) is 4. The maximum atomic E-state index is 13.9. The van der Waals surface area contributed by atoms with E-state index in [4.69, 9.17) is 4.42 Å². The van der Waals surface area contributed by atoms with Crippen LogP contribution in [0.3, 0.4) is 0 Å². The van der Waals surface area contributed by atoms with E-state index in [0.29, 0.717) is 18.8 Å². The number of benzene rings is 1. The number of furan rings is 1. The van der Waals surface area contributed by atoms with Crippen molar-refractivity contribution in [2.24, 2.45) is 0 Å². The maximum Gasteiger partial charge on any atom is 0.131 e. The second-order valence-corrected chi connectivity index (χ2v) is 5.76. The minimum atomic E-state index is -1.30. The molecular formula is C19H18F2N2O2. The van der Waals surface area contributed by atoms with Crippen LogP contribution >= 0.6 is 0 Å². The summed E-state index contributed by atoms with van der Waals surface area (Å²) in [5.74, 6) is -0.816. The lowest BCUT2D eigenvalue weighted by atomic mass is 10.1. The number of nitrogens with zero attached hydrogens (tertiary/aromatic N) is 2. The minimum Gasteiger partial charge on any atom is -0.468 e. The molecule has 2 heterocycles.